The largest absolute Gasteiger partial charge is 0.384 e. The predicted octanol–water partition coefficient (Wildman–Crippen LogP) is 0.888. The van der Waals surface area contributed by atoms with Crippen molar-refractivity contribution < 1.29 is 14.3 Å². The summed E-state index contributed by atoms with van der Waals surface area (Å²) in [7, 11) is 3.43. The molecule has 1 atom stereocenters. The number of carbonyl (C=O) groups excluding carboxylic acids is 1. The van der Waals surface area contributed by atoms with E-state index in [1.165, 1.54) is 0 Å². The molecule has 5 nitrogen and oxygen atoms in total. The molecule has 116 valence electrons. The Morgan fingerprint density at radius 3 is 2.70 bits per heavy atom. The molecule has 2 heterocycles. The van der Waals surface area contributed by atoms with Gasteiger partial charge in [-0.15, -0.1) is 0 Å². The third kappa shape index (κ3) is 3.51. The second-order valence-corrected chi connectivity index (χ2v) is 6.18. The molecule has 2 aliphatic rings. The number of hydrogen-bond donors (Lipinski definition) is 1. The first-order valence-corrected chi connectivity index (χ1v) is 7.70. The van der Waals surface area contributed by atoms with Crippen molar-refractivity contribution >= 4 is 5.91 Å². The summed E-state index contributed by atoms with van der Waals surface area (Å²) in [6.07, 6.45) is 4.01. The topological polar surface area (TPSA) is 50.8 Å². The molecule has 2 fully saturated rings. The number of ether oxygens (including phenoxy) is 2. The summed E-state index contributed by atoms with van der Waals surface area (Å²) >= 11 is 0. The lowest BCUT2D eigenvalue weighted by atomic mass is 9.77. The first-order valence-electron chi connectivity index (χ1n) is 7.70. The van der Waals surface area contributed by atoms with Gasteiger partial charge in [0.2, 0.25) is 5.91 Å². The lowest BCUT2D eigenvalue weighted by Crippen LogP contribution is -2.54. The first-order chi connectivity index (χ1) is 9.72. The molecule has 1 unspecified atom stereocenters. The zero-order valence-corrected chi connectivity index (χ0v) is 12.8. The van der Waals surface area contributed by atoms with Gasteiger partial charge in [0.1, 0.15) is 0 Å². The lowest BCUT2D eigenvalue weighted by molar-refractivity contribution is -0.149. The van der Waals surface area contributed by atoms with Crippen LogP contribution in [0.5, 0.6) is 0 Å². The van der Waals surface area contributed by atoms with Gasteiger partial charge in [0.25, 0.3) is 0 Å². The molecule has 20 heavy (non-hydrogen) atoms. The zero-order valence-electron chi connectivity index (χ0n) is 12.8. The monoisotopic (exact) mass is 284 g/mol. The van der Waals surface area contributed by atoms with Crippen molar-refractivity contribution in [2.45, 2.75) is 25.7 Å². The molecule has 1 N–H and O–H groups in total. The van der Waals surface area contributed by atoms with E-state index in [0.717, 1.165) is 58.5 Å². The number of nitrogens with one attached hydrogen (secondary N) is 1. The van der Waals surface area contributed by atoms with Gasteiger partial charge in [-0.25, -0.2) is 0 Å². The molecule has 5 heteroatoms. The number of likely N-dealkylation sites (tertiary alicyclic amines) is 1. The first kappa shape index (κ1) is 15.7. The van der Waals surface area contributed by atoms with Crippen molar-refractivity contribution in [1.29, 1.82) is 0 Å². The van der Waals surface area contributed by atoms with Gasteiger partial charge < -0.3 is 19.7 Å². The SMILES string of the molecule is COCC1CCCN(C(=O)C2(COC)CCNCC2)C1. The quantitative estimate of drug-likeness (QED) is 0.814. The lowest BCUT2D eigenvalue weighted by Gasteiger charge is -2.42. The number of carbonyl (C=O) groups is 1. The molecule has 0 aromatic rings. The Balaban J connectivity index is 2.02. The Kier molecular flexibility index (Phi) is 5.81. The van der Waals surface area contributed by atoms with Gasteiger partial charge in [-0.3, -0.25) is 4.79 Å². The maximum atomic E-state index is 13.0. The van der Waals surface area contributed by atoms with E-state index in [1.807, 2.05) is 0 Å². The van der Waals surface area contributed by atoms with Crippen LogP contribution in [0.4, 0.5) is 0 Å². The summed E-state index contributed by atoms with van der Waals surface area (Å²) < 4.78 is 10.6. The molecular formula is C15H28N2O3. The average molecular weight is 284 g/mol. The zero-order chi connectivity index (χ0) is 14.4. The second-order valence-electron chi connectivity index (χ2n) is 6.18. The van der Waals surface area contributed by atoms with E-state index < -0.39 is 0 Å². The van der Waals surface area contributed by atoms with Gasteiger partial charge >= 0.3 is 0 Å². The van der Waals surface area contributed by atoms with Crippen LogP contribution in [0.3, 0.4) is 0 Å². The predicted molar refractivity (Wildman–Crippen MR) is 77.6 cm³/mol. The van der Waals surface area contributed by atoms with Crippen molar-refractivity contribution in [3.05, 3.63) is 0 Å². The van der Waals surface area contributed by atoms with E-state index in [-0.39, 0.29) is 5.41 Å². The van der Waals surface area contributed by atoms with Crippen LogP contribution < -0.4 is 5.32 Å². The number of methoxy groups -OCH3 is 2. The smallest absolute Gasteiger partial charge is 0.231 e. The maximum Gasteiger partial charge on any atom is 0.231 e. The van der Waals surface area contributed by atoms with Gasteiger partial charge in [-0.2, -0.15) is 0 Å². The minimum Gasteiger partial charge on any atom is -0.384 e. The fourth-order valence-electron chi connectivity index (χ4n) is 3.56. The summed E-state index contributed by atoms with van der Waals surface area (Å²) in [5, 5.41) is 3.34. The van der Waals surface area contributed by atoms with Crippen molar-refractivity contribution in [1.82, 2.24) is 10.2 Å². The van der Waals surface area contributed by atoms with Crippen LogP contribution in [0, 0.1) is 11.3 Å². The number of rotatable bonds is 5. The normalized spacial score (nSPS) is 26.5. The highest BCUT2D eigenvalue weighted by Gasteiger charge is 2.43. The number of hydrogen-bond acceptors (Lipinski definition) is 4. The Hall–Kier alpha value is -0.650. The summed E-state index contributed by atoms with van der Waals surface area (Å²) in [6, 6.07) is 0. The Labute approximate surface area is 122 Å². The van der Waals surface area contributed by atoms with Gasteiger partial charge in [0.05, 0.1) is 18.6 Å². The van der Waals surface area contributed by atoms with Crippen LogP contribution in [0.15, 0.2) is 0 Å². The van der Waals surface area contributed by atoms with E-state index in [0.29, 0.717) is 18.4 Å². The molecule has 0 aliphatic carbocycles. The van der Waals surface area contributed by atoms with Crippen LogP contribution >= 0.6 is 0 Å². The van der Waals surface area contributed by atoms with Gasteiger partial charge in [-0.05, 0) is 44.7 Å². The molecule has 0 saturated carbocycles. The summed E-state index contributed by atoms with van der Waals surface area (Å²) in [6.45, 7) is 4.83. The van der Waals surface area contributed by atoms with Crippen molar-refractivity contribution in [2.75, 3.05) is 53.6 Å². The molecule has 0 bridgehead atoms. The van der Waals surface area contributed by atoms with Crippen LogP contribution in [0.2, 0.25) is 0 Å². The number of amides is 1. The maximum absolute atomic E-state index is 13.0. The van der Waals surface area contributed by atoms with E-state index in [9.17, 15) is 4.79 Å². The Morgan fingerprint density at radius 2 is 2.05 bits per heavy atom. The van der Waals surface area contributed by atoms with Crippen molar-refractivity contribution in [2.24, 2.45) is 11.3 Å². The summed E-state index contributed by atoms with van der Waals surface area (Å²) in [5.41, 5.74) is -0.311. The Morgan fingerprint density at radius 1 is 1.30 bits per heavy atom. The third-order valence-electron chi connectivity index (χ3n) is 4.64. The summed E-state index contributed by atoms with van der Waals surface area (Å²) in [4.78, 5) is 15.0. The molecule has 2 aliphatic heterocycles. The van der Waals surface area contributed by atoms with Crippen LogP contribution in [0.1, 0.15) is 25.7 Å². The van der Waals surface area contributed by atoms with Crippen LogP contribution in [-0.2, 0) is 14.3 Å². The molecular weight excluding hydrogens is 256 g/mol. The molecule has 0 spiro atoms. The highest BCUT2D eigenvalue weighted by Crippen LogP contribution is 2.33. The Bertz CT molecular complexity index is 309. The standard InChI is InChI=1S/C15H28N2O3/c1-19-11-13-4-3-9-17(10-13)14(18)15(12-20-2)5-7-16-8-6-15/h13,16H,3-12H2,1-2H3. The van der Waals surface area contributed by atoms with Crippen molar-refractivity contribution in [3.8, 4) is 0 Å². The van der Waals surface area contributed by atoms with Gasteiger partial charge in [-0.1, -0.05) is 0 Å². The molecule has 2 saturated heterocycles. The van der Waals surface area contributed by atoms with E-state index in [1.54, 1.807) is 14.2 Å². The number of nitrogens with zero attached hydrogens (tertiary/aromatic N) is 1. The van der Waals surface area contributed by atoms with Crippen molar-refractivity contribution in [3.63, 3.8) is 0 Å². The summed E-state index contributed by atoms with van der Waals surface area (Å²) in [5.74, 6) is 0.778. The molecule has 0 aromatic carbocycles. The fourth-order valence-corrected chi connectivity index (χ4v) is 3.56. The van der Waals surface area contributed by atoms with Crippen LogP contribution in [0.25, 0.3) is 0 Å². The fraction of sp³-hybridized carbons (Fsp3) is 0.933. The third-order valence-corrected chi connectivity index (χ3v) is 4.64. The van der Waals surface area contributed by atoms with Crippen LogP contribution in [-0.4, -0.2) is 64.4 Å². The van der Waals surface area contributed by atoms with Gasteiger partial charge in [0, 0.05) is 27.3 Å². The highest BCUT2D eigenvalue weighted by molar-refractivity contribution is 5.83. The molecule has 0 aromatic heterocycles. The average Bonchev–Trinajstić information content (AvgIpc) is 2.48. The molecule has 0 radical (unpaired) electrons. The van der Waals surface area contributed by atoms with E-state index in [2.05, 4.69) is 10.2 Å². The highest BCUT2D eigenvalue weighted by atomic mass is 16.5. The van der Waals surface area contributed by atoms with E-state index in [4.69, 9.17) is 9.47 Å². The molecule has 2 rings (SSSR count). The minimum atomic E-state index is -0.311. The van der Waals surface area contributed by atoms with Gasteiger partial charge in [0.15, 0.2) is 0 Å². The number of piperidine rings is 2. The minimum absolute atomic E-state index is 0.293. The second kappa shape index (κ2) is 7.38. The molecule has 1 amide bonds. The van der Waals surface area contributed by atoms with E-state index >= 15 is 0 Å².